The number of hydrogen-bond donors (Lipinski definition) is 3. The van der Waals surface area contributed by atoms with Gasteiger partial charge in [0.05, 0.1) is 12.6 Å². The number of ether oxygens (including phenoxy) is 1. The summed E-state index contributed by atoms with van der Waals surface area (Å²) in [5.74, 6) is 1.06. The van der Waals surface area contributed by atoms with Crippen LogP contribution in [0.4, 0.5) is 5.69 Å². The molecule has 1 spiro atoms. The number of anilines is 1. The maximum atomic E-state index is 12.1. The highest BCUT2D eigenvalue weighted by Gasteiger charge is 2.56. The van der Waals surface area contributed by atoms with Gasteiger partial charge in [-0.3, -0.25) is 9.79 Å². The van der Waals surface area contributed by atoms with Gasteiger partial charge in [0.15, 0.2) is 5.96 Å². The smallest absolute Gasteiger partial charge is 0.225 e. The van der Waals surface area contributed by atoms with Crippen LogP contribution < -0.4 is 16.0 Å². The van der Waals surface area contributed by atoms with Crippen molar-refractivity contribution in [1.82, 2.24) is 10.6 Å². The van der Waals surface area contributed by atoms with Crippen LogP contribution in [0.1, 0.15) is 63.9 Å². The lowest BCUT2D eigenvalue weighted by Gasteiger charge is -2.54. The minimum Gasteiger partial charge on any atom is -0.378 e. The fourth-order valence-corrected chi connectivity index (χ4v) is 5.44. The van der Waals surface area contributed by atoms with Gasteiger partial charge in [0, 0.05) is 42.6 Å². The zero-order valence-corrected chi connectivity index (χ0v) is 20.4. The van der Waals surface area contributed by atoms with Gasteiger partial charge in [-0.05, 0) is 44.7 Å². The Labute approximate surface area is 197 Å². The number of aliphatic imine (C=N–C) groups is 1. The van der Waals surface area contributed by atoms with E-state index in [0.717, 1.165) is 31.2 Å². The van der Waals surface area contributed by atoms with Crippen LogP contribution >= 0.6 is 24.0 Å². The number of nitrogens with zero attached hydrogens (tertiary/aromatic N) is 1. The van der Waals surface area contributed by atoms with E-state index in [1.54, 1.807) is 0 Å². The maximum Gasteiger partial charge on any atom is 0.225 e. The van der Waals surface area contributed by atoms with Crippen molar-refractivity contribution < 1.29 is 9.53 Å². The summed E-state index contributed by atoms with van der Waals surface area (Å²) in [7, 11) is 0. The van der Waals surface area contributed by atoms with E-state index < -0.39 is 0 Å². The third-order valence-electron chi connectivity index (χ3n) is 6.92. The van der Waals surface area contributed by atoms with Crippen molar-refractivity contribution in [2.45, 2.75) is 70.4 Å². The van der Waals surface area contributed by atoms with Gasteiger partial charge in [-0.2, -0.15) is 0 Å². The Morgan fingerprint density at radius 2 is 2.03 bits per heavy atom. The predicted octanol–water partition coefficient (Wildman–Crippen LogP) is 4.02. The lowest BCUT2D eigenvalue weighted by molar-refractivity contribution is -0.125. The molecule has 1 amide bonds. The number of guanidine groups is 1. The summed E-state index contributed by atoms with van der Waals surface area (Å²) in [6, 6.07) is 8.48. The molecule has 1 aliphatic heterocycles. The predicted molar refractivity (Wildman–Crippen MR) is 132 cm³/mol. The van der Waals surface area contributed by atoms with E-state index in [1.165, 1.54) is 31.2 Å². The lowest BCUT2D eigenvalue weighted by Crippen LogP contribution is -2.65. The molecule has 30 heavy (non-hydrogen) atoms. The summed E-state index contributed by atoms with van der Waals surface area (Å²) in [5, 5.41) is 10.1. The molecule has 2 saturated carbocycles. The van der Waals surface area contributed by atoms with Crippen molar-refractivity contribution in [2.75, 3.05) is 25.0 Å². The van der Waals surface area contributed by atoms with Crippen molar-refractivity contribution in [1.29, 1.82) is 0 Å². The molecule has 3 unspecified atom stereocenters. The van der Waals surface area contributed by atoms with E-state index in [2.05, 4.69) is 35.9 Å². The summed E-state index contributed by atoms with van der Waals surface area (Å²) in [6.07, 6.45) is 6.99. The Morgan fingerprint density at radius 3 is 2.77 bits per heavy atom. The Balaban J connectivity index is 0.00000256. The average molecular weight is 526 g/mol. The molecule has 3 aliphatic rings. The van der Waals surface area contributed by atoms with Gasteiger partial charge >= 0.3 is 0 Å². The number of halogens is 1. The molecule has 0 radical (unpaired) electrons. The third kappa shape index (κ3) is 4.61. The first kappa shape index (κ1) is 23.3. The van der Waals surface area contributed by atoms with Crippen LogP contribution in [0.3, 0.4) is 0 Å². The van der Waals surface area contributed by atoms with E-state index in [1.807, 2.05) is 18.2 Å². The van der Waals surface area contributed by atoms with E-state index in [9.17, 15) is 4.79 Å². The van der Waals surface area contributed by atoms with Crippen LogP contribution in [0.5, 0.6) is 0 Å². The summed E-state index contributed by atoms with van der Waals surface area (Å²) in [4.78, 5) is 17.0. The highest BCUT2D eigenvalue weighted by atomic mass is 127. The van der Waals surface area contributed by atoms with Crippen LogP contribution in [-0.4, -0.2) is 43.7 Å². The molecule has 7 heteroatoms. The van der Waals surface area contributed by atoms with Gasteiger partial charge in [0.1, 0.15) is 0 Å². The molecule has 0 saturated heterocycles. The molecule has 2 fully saturated rings. The number of fused-ring (bicyclic) bond motifs is 1. The van der Waals surface area contributed by atoms with Crippen molar-refractivity contribution in [3.8, 4) is 0 Å². The quantitative estimate of drug-likeness (QED) is 0.298. The number of amides is 1. The fourth-order valence-electron chi connectivity index (χ4n) is 5.44. The van der Waals surface area contributed by atoms with Crippen LogP contribution in [0.15, 0.2) is 29.3 Å². The van der Waals surface area contributed by atoms with Gasteiger partial charge < -0.3 is 20.7 Å². The molecule has 2 aliphatic carbocycles. The Morgan fingerprint density at radius 1 is 1.27 bits per heavy atom. The van der Waals surface area contributed by atoms with Crippen LogP contribution in [-0.2, 0) is 9.53 Å². The van der Waals surface area contributed by atoms with Gasteiger partial charge in [0.25, 0.3) is 0 Å². The van der Waals surface area contributed by atoms with Gasteiger partial charge in [-0.15, -0.1) is 24.0 Å². The molecular weight excluding hydrogens is 491 g/mol. The number of carbonyl (C=O) groups excluding carboxylic acids is 1. The molecule has 3 atom stereocenters. The molecule has 1 heterocycles. The SMILES string of the molecule is CCNC(=NCC1CC(=O)Nc2ccccc21)NC1CC(OCC)C12CCCC2.I. The highest BCUT2D eigenvalue weighted by molar-refractivity contribution is 14.0. The van der Waals surface area contributed by atoms with Gasteiger partial charge in [0.2, 0.25) is 5.91 Å². The first-order valence-corrected chi connectivity index (χ1v) is 11.2. The Hall–Kier alpha value is -1.35. The Kier molecular flexibility index (Phi) is 8.01. The standard InChI is InChI=1S/C23H34N4O2.HI/c1-3-24-22(27-19-14-20(29-4-2)23(19)11-7-8-12-23)25-15-16-13-21(28)26-18-10-6-5-9-17(16)18;/h5-6,9-10,16,19-20H,3-4,7-8,11-15H2,1-2H3,(H,26,28)(H2,24,25,27);1H. The first-order valence-electron chi connectivity index (χ1n) is 11.2. The number of hydrogen-bond acceptors (Lipinski definition) is 3. The molecule has 3 N–H and O–H groups in total. The number of benzene rings is 1. The number of nitrogens with one attached hydrogen (secondary N) is 3. The van der Waals surface area contributed by atoms with Crippen molar-refractivity contribution in [3.05, 3.63) is 29.8 Å². The first-order chi connectivity index (χ1) is 14.2. The second kappa shape index (κ2) is 10.3. The van der Waals surface area contributed by atoms with Crippen LogP contribution in [0, 0.1) is 5.41 Å². The molecule has 6 nitrogen and oxygen atoms in total. The van der Waals surface area contributed by atoms with Crippen molar-refractivity contribution in [2.24, 2.45) is 10.4 Å². The van der Waals surface area contributed by atoms with Crippen LogP contribution in [0.2, 0.25) is 0 Å². The summed E-state index contributed by atoms with van der Waals surface area (Å²) in [6.45, 7) is 6.40. The average Bonchev–Trinajstić information content (AvgIpc) is 3.24. The second-order valence-corrected chi connectivity index (χ2v) is 8.57. The minimum atomic E-state index is 0. The molecule has 0 aromatic heterocycles. The normalized spacial score (nSPS) is 26.9. The maximum absolute atomic E-state index is 12.1. The number of para-hydroxylation sites is 1. The number of rotatable bonds is 6. The van der Waals surface area contributed by atoms with Crippen molar-refractivity contribution >= 4 is 41.5 Å². The molecule has 0 bridgehead atoms. The van der Waals surface area contributed by atoms with E-state index in [4.69, 9.17) is 9.73 Å². The summed E-state index contributed by atoms with van der Waals surface area (Å²) in [5.41, 5.74) is 2.37. The van der Waals surface area contributed by atoms with Crippen LogP contribution in [0.25, 0.3) is 0 Å². The lowest BCUT2D eigenvalue weighted by atomic mass is 9.60. The second-order valence-electron chi connectivity index (χ2n) is 8.57. The van der Waals surface area contributed by atoms with E-state index in [0.29, 0.717) is 25.1 Å². The summed E-state index contributed by atoms with van der Waals surface area (Å²) >= 11 is 0. The Bertz CT molecular complexity index is 763. The highest BCUT2D eigenvalue weighted by Crippen LogP contribution is 2.54. The van der Waals surface area contributed by atoms with E-state index in [-0.39, 0.29) is 41.2 Å². The molecule has 166 valence electrons. The molecule has 1 aromatic carbocycles. The zero-order chi connectivity index (χ0) is 20.3. The third-order valence-corrected chi connectivity index (χ3v) is 6.92. The molecule has 4 rings (SSSR count). The fraction of sp³-hybridized carbons (Fsp3) is 0.652. The van der Waals surface area contributed by atoms with Gasteiger partial charge in [-0.25, -0.2) is 0 Å². The molecular formula is C23H35IN4O2. The van der Waals surface area contributed by atoms with Crippen molar-refractivity contribution in [3.63, 3.8) is 0 Å². The monoisotopic (exact) mass is 526 g/mol. The molecule has 1 aromatic rings. The largest absolute Gasteiger partial charge is 0.378 e. The summed E-state index contributed by atoms with van der Waals surface area (Å²) < 4.78 is 6.05. The zero-order valence-electron chi connectivity index (χ0n) is 18.1. The number of carbonyl (C=O) groups is 1. The van der Waals surface area contributed by atoms with Gasteiger partial charge in [-0.1, -0.05) is 31.0 Å². The topological polar surface area (TPSA) is 74.8 Å². The minimum absolute atomic E-state index is 0. The van der Waals surface area contributed by atoms with E-state index >= 15 is 0 Å².